The molecular formula is C13H15ClN2. The summed E-state index contributed by atoms with van der Waals surface area (Å²) in [6.45, 7) is 2.09. The second kappa shape index (κ2) is 3.25. The minimum Gasteiger partial charge on any atom is -0.359 e. The molecule has 2 aromatic rings. The van der Waals surface area contributed by atoms with Crippen molar-refractivity contribution in [2.45, 2.75) is 31.2 Å². The second-order valence-electron chi connectivity index (χ2n) is 4.81. The topological polar surface area (TPSA) is 41.8 Å². The van der Waals surface area contributed by atoms with E-state index in [-0.39, 0.29) is 11.5 Å². The normalized spacial score (nSPS) is 19.9. The van der Waals surface area contributed by atoms with Crippen LogP contribution in [0.3, 0.4) is 0 Å². The molecule has 1 aromatic heterocycles. The number of H-pyrrole nitrogens is 1. The van der Waals surface area contributed by atoms with Gasteiger partial charge in [0.15, 0.2) is 0 Å². The lowest BCUT2D eigenvalue weighted by molar-refractivity contribution is 0.560. The van der Waals surface area contributed by atoms with Crippen molar-refractivity contribution in [3.63, 3.8) is 0 Å². The number of hydrogen-bond donors (Lipinski definition) is 2. The molecule has 0 aliphatic heterocycles. The summed E-state index contributed by atoms with van der Waals surface area (Å²) in [7, 11) is 0. The van der Waals surface area contributed by atoms with Crippen molar-refractivity contribution in [3.05, 3.63) is 35.0 Å². The molecular weight excluding hydrogens is 220 g/mol. The van der Waals surface area contributed by atoms with Crippen LogP contribution in [-0.4, -0.2) is 11.0 Å². The van der Waals surface area contributed by atoms with Gasteiger partial charge in [-0.3, -0.25) is 0 Å². The molecule has 1 atom stereocenters. The Hall–Kier alpha value is -0.990. The van der Waals surface area contributed by atoms with Gasteiger partial charge >= 0.3 is 0 Å². The third-order valence-corrected chi connectivity index (χ3v) is 4.17. The molecule has 2 nitrogen and oxygen atoms in total. The van der Waals surface area contributed by atoms with E-state index in [9.17, 15) is 0 Å². The van der Waals surface area contributed by atoms with Crippen LogP contribution < -0.4 is 5.73 Å². The lowest BCUT2D eigenvalue weighted by Crippen LogP contribution is -2.31. The van der Waals surface area contributed by atoms with Crippen LogP contribution in [0, 0.1) is 0 Å². The summed E-state index contributed by atoms with van der Waals surface area (Å²) < 4.78 is 0. The van der Waals surface area contributed by atoms with Gasteiger partial charge in [0.2, 0.25) is 0 Å². The van der Waals surface area contributed by atoms with E-state index in [2.05, 4.69) is 30.1 Å². The second-order valence-corrected chi connectivity index (χ2v) is 5.22. The number of benzene rings is 1. The SMILES string of the molecule is CC(N)C1(c2cccc3c(Cl)c[nH]c23)CC1. The highest BCUT2D eigenvalue weighted by molar-refractivity contribution is 6.35. The van der Waals surface area contributed by atoms with Gasteiger partial charge in [-0.15, -0.1) is 0 Å². The largest absolute Gasteiger partial charge is 0.359 e. The first-order valence-corrected chi connectivity index (χ1v) is 6.04. The van der Waals surface area contributed by atoms with Gasteiger partial charge in [0.1, 0.15) is 0 Å². The molecule has 84 valence electrons. The maximum Gasteiger partial charge on any atom is 0.0659 e. The van der Waals surface area contributed by atoms with Crippen LogP contribution in [0.2, 0.25) is 5.02 Å². The Bertz CT molecular complexity index is 538. The summed E-state index contributed by atoms with van der Waals surface area (Å²) in [4.78, 5) is 3.27. The number of aromatic amines is 1. The van der Waals surface area contributed by atoms with Gasteiger partial charge in [0.05, 0.1) is 10.5 Å². The van der Waals surface area contributed by atoms with Gasteiger partial charge < -0.3 is 10.7 Å². The Morgan fingerprint density at radius 1 is 1.44 bits per heavy atom. The van der Waals surface area contributed by atoms with Crippen molar-refractivity contribution in [3.8, 4) is 0 Å². The van der Waals surface area contributed by atoms with Crippen molar-refractivity contribution in [2.75, 3.05) is 0 Å². The molecule has 16 heavy (non-hydrogen) atoms. The van der Waals surface area contributed by atoms with Crippen molar-refractivity contribution >= 4 is 22.5 Å². The maximum absolute atomic E-state index is 6.13. The number of fused-ring (bicyclic) bond motifs is 1. The van der Waals surface area contributed by atoms with Crippen LogP contribution in [-0.2, 0) is 5.41 Å². The quantitative estimate of drug-likeness (QED) is 0.823. The first kappa shape index (κ1) is 10.2. The van der Waals surface area contributed by atoms with Crippen molar-refractivity contribution in [2.24, 2.45) is 5.73 Å². The molecule has 1 heterocycles. The molecule has 3 rings (SSSR count). The number of nitrogens with two attached hydrogens (primary N) is 1. The highest BCUT2D eigenvalue weighted by Gasteiger charge is 2.48. The number of hydrogen-bond acceptors (Lipinski definition) is 1. The molecule has 1 unspecified atom stereocenters. The molecule has 3 heteroatoms. The molecule has 1 aromatic carbocycles. The van der Waals surface area contributed by atoms with Crippen molar-refractivity contribution in [1.82, 2.24) is 4.98 Å². The Morgan fingerprint density at radius 3 is 2.81 bits per heavy atom. The first-order valence-electron chi connectivity index (χ1n) is 5.67. The molecule has 1 aliphatic carbocycles. The van der Waals surface area contributed by atoms with Crippen molar-refractivity contribution in [1.29, 1.82) is 0 Å². The summed E-state index contributed by atoms with van der Waals surface area (Å²) >= 11 is 6.13. The fraction of sp³-hybridized carbons (Fsp3) is 0.385. The molecule has 0 bridgehead atoms. The van der Waals surface area contributed by atoms with Crippen LogP contribution in [0.25, 0.3) is 10.9 Å². The van der Waals surface area contributed by atoms with Gasteiger partial charge in [-0.2, -0.15) is 0 Å². The summed E-state index contributed by atoms with van der Waals surface area (Å²) in [5.74, 6) is 0. The summed E-state index contributed by atoms with van der Waals surface area (Å²) in [6, 6.07) is 6.49. The van der Waals surface area contributed by atoms with Gasteiger partial charge in [-0.1, -0.05) is 29.8 Å². The predicted molar refractivity (Wildman–Crippen MR) is 67.9 cm³/mol. The van der Waals surface area contributed by atoms with Crippen LogP contribution in [0.1, 0.15) is 25.3 Å². The zero-order chi connectivity index (χ0) is 11.3. The van der Waals surface area contributed by atoms with Crippen LogP contribution in [0.15, 0.2) is 24.4 Å². The highest BCUT2D eigenvalue weighted by atomic mass is 35.5. The van der Waals surface area contributed by atoms with E-state index in [1.807, 2.05) is 6.20 Å². The predicted octanol–water partition coefficient (Wildman–Crippen LogP) is 3.20. The number of para-hydroxylation sites is 1. The van der Waals surface area contributed by atoms with E-state index < -0.39 is 0 Å². The Kier molecular flexibility index (Phi) is 2.07. The summed E-state index contributed by atoms with van der Waals surface area (Å²) in [5.41, 5.74) is 8.77. The van der Waals surface area contributed by atoms with Crippen LogP contribution in [0.5, 0.6) is 0 Å². The third kappa shape index (κ3) is 1.23. The van der Waals surface area contributed by atoms with E-state index in [1.54, 1.807) is 0 Å². The Morgan fingerprint density at radius 2 is 2.19 bits per heavy atom. The molecule has 3 N–H and O–H groups in total. The van der Waals surface area contributed by atoms with E-state index in [1.165, 1.54) is 18.4 Å². The zero-order valence-corrected chi connectivity index (χ0v) is 10.0. The monoisotopic (exact) mass is 234 g/mol. The minimum atomic E-state index is 0.174. The Labute approximate surface area is 99.8 Å². The average Bonchev–Trinajstić information content (AvgIpc) is 3.00. The summed E-state index contributed by atoms with van der Waals surface area (Å²) in [5, 5.41) is 1.89. The third-order valence-electron chi connectivity index (χ3n) is 3.86. The van der Waals surface area contributed by atoms with E-state index in [4.69, 9.17) is 17.3 Å². The molecule has 1 saturated carbocycles. The lowest BCUT2D eigenvalue weighted by Gasteiger charge is -2.20. The smallest absolute Gasteiger partial charge is 0.0659 e. The standard InChI is InChI=1S/C13H15ClN2/c1-8(15)13(5-6-13)10-4-2-3-9-11(14)7-16-12(9)10/h2-4,7-8,16H,5-6,15H2,1H3. The summed E-state index contributed by atoms with van der Waals surface area (Å²) in [6.07, 6.45) is 4.22. The van der Waals surface area contributed by atoms with Gasteiger partial charge in [-0.25, -0.2) is 0 Å². The Balaban J connectivity index is 2.25. The fourth-order valence-electron chi connectivity index (χ4n) is 2.64. The lowest BCUT2D eigenvalue weighted by atomic mass is 9.88. The van der Waals surface area contributed by atoms with Gasteiger partial charge in [0, 0.05) is 23.0 Å². The van der Waals surface area contributed by atoms with Gasteiger partial charge in [-0.05, 0) is 25.3 Å². The van der Waals surface area contributed by atoms with E-state index in [0.717, 1.165) is 15.9 Å². The zero-order valence-electron chi connectivity index (χ0n) is 9.26. The minimum absolute atomic E-state index is 0.174. The number of nitrogens with one attached hydrogen (secondary N) is 1. The number of halogens is 1. The van der Waals surface area contributed by atoms with Crippen LogP contribution >= 0.6 is 11.6 Å². The molecule has 0 amide bonds. The van der Waals surface area contributed by atoms with Crippen LogP contribution in [0.4, 0.5) is 0 Å². The molecule has 1 fully saturated rings. The first-order chi connectivity index (χ1) is 7.65. The number of rotatable bonds is 2. The van der Waals surface area contributed by atoms with E-state index >= 15 is 0 Å². The molecule has 0 saturated heterocycles. The average molecular weight is 235 g/mol. The molecule has 0 radical (unpaired) electrons. The molecule has 1 aliphatic rings. The van der Waals surface area contributed by atoms with Gasteiger partial charge in [0.25, 0.3) is 0 Å². The number of aromatic nitrogens is 1. The van der Waals surface area contributed by atoms with E-state index in [0.29, 0.717) is 0 Å². The van der Waals surface area contributed by atoms with Crippen molar-refractivity contribution < 1.29 is 0 Å². The highest BCUT2D eigenvalue weighted by Crippen LogP contribution is 2.52. The molecule has 0 spiro atoms. The fourth-order valence-corrected chi connectivity index (χ4v) is 2.85. The maximum atomic E-state index is 6.13.